The average Bonchev–Trinajstić information content (AvgIpc) is 2.50. The van der Waals surface area contributed by atoms with E-state index in [9.17, 15) is 4.79 Å². The molecular weight excluding hydrogens is 188 g/mol. The summed E-state index contributed by atoms with van der Waals surface area (Å²) in [5.41, 5.74) is 5.43. The van der Waals surface area contributed by atoms with Crippen LogP contribution in [-0.2, 0) is 4.79 Å². The number of nitrogens with two attached hydrogens (primary N) is 1. The van der Waals surface area contributed by atoms with E-state index in [1.165, 1.54) is 25.7 Å². The SMILES string of the molecule is CCC1CCCCCN1C(=O)CCCN. The van der Waals surface area contributed by atoms with Crippen molar-refractivity contribution in [2.24, 2.45) is 5.73 Å². The van der Waals surface area contributed by atoms with E-state index in [4.69, 9.17) is 5.73 Å². The zero-order chi connectivity index (χ0) is 11.1. The van der Waals surface area contributed by atoms with Crippen molar-refractivity contribution in [2.45, 2.75) is 57.9 Å². The van der Waals surface area contributed by atoms with Gasteiger partial charge in [-0.25, -0.2) is 0 Å². The lowest BCUT2D eigenvalue weighted by Gasteiger charge is -2.29. The third-order valence-corrected chi connectivity index (χ3v) is 3.26. The molecule has 1 saturated heterocycles. The molecule has 1 atom stereocenters. The van der Waals surface area contributed by atoms with Crippen molar-refractivity contribution in [2.75, 3.05) is 13.1 Å². The van der Waals surface area contributed by atoms with Crippen LogP contribution in [0.5, 0.6) is 0 Å². The van der Waals surface area contributed by atoms with Gasteiger partial charge in [0.05, 0.1) is 0 Å². The molecule has 0 saturated carbocycles. The first-order chi connectivity index (χ1) is 7.29. The quantitative estimate of drug-likeness (QED) is 0.773. The number of hydrogen-bond acceptors (Lipinski definition) is 2. The summed E-state index contributed by atoms with van der Waals surface area (Å²) in [4.78, 5) is 14.0. The molecule has 2 N–H and O–H groups in total. The zero-order valence-electron chi connectivity index (χ0n) is 9.87. The maximum absolute atomic E-state index is 11.9. The number of nitrogens with zero attached hydrogens (tertiary/aromatic N) is 1. The van der Waals surface area contributed by atoms with Crippen LogP contribution >= 0.6 is 0 Å². The molecule has 1 heterocycles. The van der Waals surface area contributed by atoms with Crippen LogP contribution in [0, 0.1) is 0 Å². The van der Waals surface area contributed by atoms with Crippen LogP contribution in [-0.4, -0.2) is 29.9 Å². The summed E-state index contributed by atoms with van der Waals surface area (Å²) in [6, 6.07) is 0.484. The average molecular weight is 212 g/mol. The number of carbonyl (C=O) groups excluding carboxylic acids is 1. The summed E-state index contributed by atoms with van der Waals surface area (Å²) >= 11 is 0. The summed E-state index contributed by atoms with van der Waals surface area (Å²) in [5, 5.41) is 0. The van der Waals surface area contributed by atoms with Crippen LogP contribution in [0.3, 0.4) is 0 Å². The van der Waals surface area contributed by atoms with Crippen molar-refractivity contribution < 1.29 is 4.79 Å². The van der Waals surface area contributed by atoms with Crippen LogP contribution in [0.1, 0.15) is 51.9 Å². The van der Waals surface area contributed by atoms with Gasteiger partial charge in [0.25, 0.3) is 0 Å². The van der Waals surface area contributed by atoms with Crippen molar-refractivity contribution >= 4 is 5.91 Å². The Morgan fingerprint density at radius 3 is 2.87 bits per heavy atom. The summed E-state index contributed by atoms with van der Waals surface area (Å²) in [5.74, 6) is 0.314. The van der Waals surface area contributed by atoms with Crippen LogP contribution in [0.25, 0.3) is 0 Å². The number of rotatable bonds is 4. The zero-order valence-corrected chi connectivity index (χ0v) is 9.87. The van der Waals surface area contributed by atoms with E-state index in [1.807, 2.05) is 0 Å². The largest absolute Gasteiger partial charge is 0.340 e. The fourth-order valence-electron chi connectivity index (χ4n) is 2.33. The topological polar surface area (TPSA) is 46.3 Å². The normalized spacial score (nSPS) is 22.5. The second-order valence-electron chi connectivity index (χ2n) is 4.39. The lowest BCUT2D eigenvalue weighted by Crippen LogP contribution is -2.39. The molecule has 0 aromatic carbocycles. The molecule has 1 fully saturated rings. The predicted octanol–water partition coefficient (Wildman–Crippen LogP) is 1.91. The van der Waals surface area contributed by atoms with E-state index in [0.29, 0.717) is 24.9 Å². The van der Waals surface area contributed by atoms with Gasteiger partial charge in [-0.05, 0) is 32.2 Å². The number of amides is 1. The van der Waals surface area contributed by atoms with Crippen LogP contribution in [0.4, 0.5) is 0 Å². The van der Waals surface area contributed by atoms with Crippen molar-refractivity contribution in [3.8, 4) is 0 Å². The number of carbonyl (C=O) groups is 1. The maximum Gasteiger partial charge on any atom is 0.222 e. The molecule has 15 heavy (non-hydrogen) atoms. The fourth-order valence-corrected chi connectivity index (χ4v) is 2.33. The lowest BCUT2D eigenvalue weighted by molar-refractivity contribution is -0.133. The summed E-state index contributed by atoms with van der Waals surface area (Å²) in [6.07, 6.45) is 7.46. The second kappa shape index (κ2) is 6.83. The molecule has 1 aliphatic rings. The molecular formula is C12H24N2O. The molecule has 0 aromatic rings. The van der Waals surface area contributed by atoms with Gasteiger partial charge in [0.1, 0.15) is 0 Å². The van der Waals surface area contributed by atoms with Gasteiger partial charge < -0.3 is 10.6 Å². The first kappa shape index (κ1) is 12.5. The number of hydrogen-bond donors (Lipinski definition) is 1. The Morgan fingerprint density at radius 2 is 2.20 bits per heavy atom. The Bertz CT molecular complexity index is 194. The molecule has 1 rings (SSSR count). The number of likely N-dealkylation sites (tertiary alicyclic amines) is 1. The van der Waals surface area contributed by atoms with Gasteiger partial charge in [-0.1, -0.05) is 19.8 Å². The minimum atomic E-state index is 0.314. The van der Waals surface area contributed by atoms with E-state index in [0.717, 1.165) is 19.4 Å². The molecule has 88 valence electrons. The minimum absolute atomic E-state index is 0.314. The van der Waals surface area contributed by atoms with E-state index in [2.05, 4.69) is 11.8 Å². The summed E-state index contributed by atoms with van der Waals surface area (Å²) in [6.45, 7) is 3.76. The molecule has 1 aliphatic heterocycles. The second-order valence-corrected chi connectivity index (χ2v) is 4.39. The summed E-state index contributed by atoms with van der Waals surface area (Å²) in [7, 11) is 0. The fraction of sp³-hybridized carbons (Fsp3) is 0.917. The van der Waals surface area contributed by atoms with E-state index in [1.54, 1.807) is 0 Å². The summed E-state index contributed by atoms with van der Waals surface area (Å²) < 4.78 is 0. The highest BCUT2D eigenvalue weighted by molar-refractivity contribution is 5.76. The van der Waals surface area contributed by atoms with E-state index < -0.39 is 0 Å². The molecule has 3 nitrogen and oxygen atoms in total. The van der Waals surface area contributed by atoms with Crippen molar-refractivity contribution in [3.63, 3.8) is 0 Å². The maximum atomic E-state index is 11.9. The van der Waals surface area contributed by atoms with Gasteiger partial charge in [-0.3, -0.25) is 4.79 Å². The first-order valence-electron chi connectivity index (χ1n) is 6.29. The molecule has 0 radical (unpaired) electrons. The first-order valence-corrected chi connectivity index (χ1v) is 6.29. The molecule has 0 aliphatic carbocycles. The molecule has 3 heteroatoms. The van der Waals surface area contributed by atoms with Crippen LogP contribution < -0.4 is 5.73 Å². The Balaban J connectivity index is 2.49. The molecule has 0 spiro atoms. The highest BCUT2D eigenvalue weighted by Gasteiger charge is 2.23. The van der Waals surface area contributed by atoms with Crippen molar-refractivity contribution in [3.05, 3.63) is 0 Å². The predicted molar refractivity (Wildman–Crippen MR) is 62.5 cm³/mol. The Kier molecular flexibility index (Phi) is 5.69. The van der Waals surface area contributed by atoms with Crippen molar-refractivity contribution in [1.29, 1.82) is 0 Å². The van der Waals surface area contributed by atoms with Gasteiger partial charge in [0, 0.05) is 19.0 Å². The third kappa shape index (κ3) is 3.82. The monoisotopic (exact) mass is 212 g/mol. The smallest absolute Gasteiger partial charge is 0.222 e. The van der Waals surface area contributed by atoms with Gasteiger partial charge in [0.2, 0.25) is 5.91 Å². The highest BCUT2D eigenvalue weighted by Crippen LogP contribution is 2.20. The van der Waals surface area contributed by atoms with E-state index >= 15 is 0 Å². The highest BCUT2D eigenvalue weighted by atomic mass is 16.2. The molecule has 1 unspecified atom stereocenters. The Morgan fingerprint density at radius 1 is 1.40 bits per heavy atom. The standard InChI is InChI=1S/C12H24N2O/c1-2-11-7-4-3-5-10-14(11)12(15)8-6-9-13/h11H,2-10,13H2,1H3. The lowest BCUT2D eigenvalue weighted by atomic mass is 10.1. The van der Waals surface area contributed by atoms with Gasteiger partial charge >= 0.3 is 0 Å². The van der Waals surface area contributed by atoms with Crippen molar-refractivity contribution in [1.82, 2.24) is 4.90 Å². The van der Waals surface area contributed by atoms with Gasteiger partial charge in [0.15, 0.2) is 0 Å². The van der Waals surface area contributed by atoms with Crippen LogP contribution in [0.15, 0.2) is 0 Å². The molecule has 0 bridgehead atoms. The third-order valence-electron chi connectivity index (χ3n) is 3.26. The van der Waals surface area contributed by atoms with Crippen LogP contribution in [0.2, 0.25) is 0 Å². The Hall–Kier alpha value is -0.570. The molecule has 1 amide bonds. The Labute approximate surface area is 93.0 Å². The molecule has 0 aromatic heterocycles. The van der Waals surface area contributed by atoms with E-state index in [-0.39, 0.29) is 0 Å². The minimum Gasteiger partial charge on any atom is -0.340 e. The van der Waals surface area contributed by atoms with Gasteiger partial charge in [-0.2, -0.15) is 0 Å². The van der Waals surface area contributed by atoms with Gasteiger partial charge in [-0.15, -0.1) is 0 Å².